The Morgan fingerprint density at radius 1 is 1.13 bits per heavy atom. The van der Waals surface area contributed by atoms with E-state index in [1.54, 1.807) is 18.2 Å². The van der Waals surface area contributed by atoms with Crippen LogP contribution in [0.5, 0.6) is 0 Å². The third kappa shape index (κ3) is 4.96. The lowest BCUT2D eigenvalue weighted by Crippen LogP contribution is -2.19. The normalized spacial score (nSPS) is 13.9. The first-order chi connectivity index (χ1) is 14.3. The molecule has 0 aliphatic rings. The summed E-state index contributed by atoms with van der Waals surface area (Å²) in [4.78, 5) is 10.7. The van der Waals surface area contributed by atoms with Gasteiger partial charge in [-0.05, 0) is 29.3 Å². The molecule has 6 heteroatoms. The second-order valence-electron chi connectivity index (χ2n) is 7.63. The molecule has 158 valence electrons. The zero-order valence-electron chi connectivity index (χ0n) is 16.9. The van der Waals surface area contributed by atoms with Crippen molar-refractivity contribution in [1.29, 1.82) is 0 Å². The summed E-state index contributed by atoms with van der Waals surface area (Å²) in [5.74, 6) is -0.614. The van der Waals surface area contributed by atoms with Gasteiger partial charge in [-0.15, -0.1) is 0 Å². The highest BCUT2D eigenvalue weighted by Gasteiger charge is 2.19. The van der Waals surface area contributed by atoms with E-state index in [0.717, 1.165) is 27.8 Å². The number of rotatable bonds is 8. The zero-order valence-corrected chi connectivity index (χ0v) is 16.9. The predicted molar refractivity (Wildman–Crippen MR) is 114 cm³/mol. The third-order valence-electron chi connectivity index (χ3n) is 4.87. The maximum atomic E-state index is 13.4. The van der Waals surface area contributed by atoms with Crippen LogP contribution in [0, 0.1) is 5.82 Å². The maximum Gasteiger partial charge on any atom is 0.305 e. The maximum absolute atomic E-state index is 13.4. The van der Waals surface area contributed by atoms with Crippen LogP contribution < -0.4 is 0 Å². The quantitative estimate of drug-likeness (QED) is 0.486. The summed E-state index contributed by atoms with van der Waals surface area (Å²) in [7, 11) is 0. The van der Waals surface area contributed by atoms with Gasteiger partial charge < -0.3 is 19.7 Å². The second-order valence-corrected chi connectivity index (χ2v) is 7.63. The number of benzene rings is 2. The molecule has 0 saturated carbocycles. The lowest BCUT2D eigenvalue weighted by atomic mass is 9.95. The topological polar surface area (TPSA) is 90.9 Å². The number of halogens is 1. The van der Waals surface area contributed by atoms with Crippen molar-refractivity contribution in [2.75, 3.05) is 0 Å². The predicted octanol–water partition coefficient (Wildman–Crippen LogP) is 4.96. The molecule has 0 amide bonds. The average molecular weight is 412 g/mol. The van der Waals surface area contributed by atoms with Crippen LogP contribution in [0.4, 0.5) is 4.39 Å². The van der Waals surface area contributed by atoms with Crippen molar-refractivity contribution in [3.63, 3.8) is 0 Å². The fourth-order valence-corrected chi connectivity index (χ4v) is 3.50. The number of carbonyl (C=O) groups is 1. The van der Waals surface area contributed by atoms with Gasteiger partial charge in [0.15, 0.2) is 0 Å². The van der Waals surface area contributed by atoms with E-state index in [9.17, 15) is 19.4 Å². The highest BCUT2D eigenvalue weighted by atomic mass is 19.1. The number of fused-ring (bicyclic) bond motifs is 1. The summed E-state index contributed by atoms with van der Waals surface area (Å²) in [6, 6.07) is 11.9. The fourth-order valence-electron chi connectivity index (χ4n) is 3.50. The van der Waals surface area contributed by atoms with Gasteiger partial charge in [0.25, 0.3) is 0 Å². The first-order valence-electron chi connectivity index (χ1n) is 9.83. The molecule has 1 aromatic heterocycles. The van der Waals surface area contributed by atoms with E-state index in [4.69, 9.17) is 9.52 Å². The number of aliphatic hydroxyl groups excluding tert-OH is 2. The van der Waals surface area contributed by atoms with Crippen molar-refractivity contribution in [2.24, 2.45) is 0 Å². The molecule has 1 heterocycles. The van der Waals surface area contributed by atoms with Crippen molar-refractivity contribution < 1.29 is 28.9 Å². The van der Waals surface area contributed by atoms with Crippen LogP contribution >= 0.6 is 0 Å². The van der Waals surface area contributed by atoms with Crippen molar-refractivity contribution in [2.45, 2.75) is 44.8 Å². The Morgan fingerprint density at radius 2 is 1.83 bits per heavy atom. The Kier molecular flexibility index (Phi) is 6.70. The van der Waals surface area contributed by atoms with E-state index in [1.807, 2.05) is 32.0 Å². The van der Waals surface area contributed by atoms with Gasteiger partial charge in [-0.3, -0.25) is 4.79 Å². The Hall–Kier alpha value is -2.96. The van der Waals surface area contributed by atoms with Crippen LogP contribution in [0.2, 0.25) is 0 Å². The largest absolute Gasteiger partial charge is 0.481 e. The number of carboxylic acid groups (broad SMARTS) is 1. The van der Waals surface area contributed by atoms with Crippen LogP contribution in [-0.4, -0.2) is 33.5 Å². The molecular formula is C24H25FO5. The Bertz CT molecular complexity index is 1050. The minimum Gasteiger partial charge on any atom is -0.481 e. The first-order valence-corrected chi connectivity index (χ1v) is 9.83. The molecule has 5 nitrogen and oxygen atoms in total. The molecule has 0 spiro atoms. The summed E-state index contributed by atoms with van der Waals surface area (Å²) < 4.78 is 19.5. The van der Waals surface area contributed by atoms with E-state index in [1.165, 1.54) is 18.2 Å². The first kappa shape index (κ1) is 21.7. The highest BCUT2D eigenvalue weighted by Crippen LogP contribution is 2.38. The molecular weight excluding hydrogens is 387 g/mol. The van der Waals surface area contributed by atoms with Gasteiger partial charge in [0.05, 0.1) is 18.6 Å². The SMILES string of the molecule is CC(C)c1oc2cccc(-c3ccc(F)cc3)c2c1/C=C/[C@@H](O)C[C@@H](O)CC(=O)O. The van der Waals surface area contributed by atoms with Gasteiger partial charge in [0.2, 0.25) is 0 Å². The molecule has 0 aliphatic heterocycles. The molecule has 2 aromatic carbocycles. The highest BCUT2D eigenvalue weighted by molar-refractivity contribution is 6.00. The Morgan fingerprint density at radius 3 is 2.47 bits per heavy atom. The van der Waals surface area contributed by atoms with Gasteiger partial charge in [0.1, 0.15) is 17.2 Å². The van der Waals surface area contributed by atoms with Crippen molar-refractivity contribution in [1.82, 2.24) is 0 Å². The number of hydrogen-bond acceptors (Lipinski definition) is 4. The van der Waals surface area contributed by atoms with Crippen molar-refractivity contribution >= 4 is 23.0 Å². The van der Waals surface area contributed by atoms with E-state index >= 15 is 0 Å². The van der Waals surface area contributed by atoms with Gasteiger partial charge in [0, 0.05) is 23.3 Å². The molecule has 3 aromatic rings. The standard InChI is InChI=1S/C24H25FO5/c1-14(2)24-20(11-10-17(26)12-18(27)13-22(28)29)23-19(4-3-5-21(23)30-24)15-6-8-16(25)9-7-15/h3-11,14,17-18,26-27H,12-13H2,1-2H3,(H,28,29)/b11-10+/t17-,18-/m1/s1. The number of furan rings is 1. The molecule has 0 unspecified atom stereocenters. The van der Waals surface area contributed by atoms with Gasteiger partial charge >= 0.3 is 5.97 Å². The van der Waals surface area contributed by atoms with Gasteiger partial charge in [-0.2, -0.15) is 0 Å². The molecule has 3 N–H and O–H groups in total. The summed E-state index contributed by atoms with van der Waals surface area (Å²) >= 11 is 0. The molecule has 0 bridgehead atoms. The monoisotopic (exact) mass is 412 g/mol. The second kappa shape index (κ2) is 9.24. The van der Waals surface area contributed by atoms with Crippen LogP contribution in [0.1, 0.15) is 43.9 Å². The summed E-state index contributed by atoms with van der Waals surface area (Å²) in [6.45, 7) is 4.00. The molecule has 0 aliphatic carbocycles. The molecule has 0 saturated heterocycles. The number of carboxylic acids is 1. The average Bonchev–Trinajstić information content (AvgIpc) is 3.05. The molecule has 0 fully saturated rings. The van der Waals surface area contributed by atoms with Crippen molar-refractivity contribution in [3.05, 3.63) is 65.7 Å². The molecule has 3 rings (SSSR count). The molecule has 2 atom stereocenters. The minimum atomic E-state index is -1.14. The molecule has 30 heavy (non-hydrogen) atoms. The van der Waals surface area contributed by atoms with E-state index in [-0.39, 0.29) is 18.2 Å². The van der Waals surface area contributed by atoms with E-state index in [0.29, 0.717) is 5.58 Å². The van der Waals surface area contributed by atoms with Crippen LogP contribution in [0.3, 0.4) is 0 Å². The molecule has 0 radical (unpaired) electrons. The Balaban J connectivity index is 2.02. The number of aliphatic carboxylic acids is 1. The lowest BCUT2D eigenvalue weighted by molar-refractivity contribution is -0.139. The van der Waals surface area contributed by atoms with Crippen molar-refractivity contribution in [3.8, 4) is 11.1 Å². The smallest absolute Gasteiger partial charge is 0.305 e. The summed E-state index contributed by atoms with van der Waals surface area (Å²) in [5, 5.41) is 29.6. The van der Waals surface area contributed by atoms with Crippen LogP contribution in [-0.2, 0) is 4.79 Å². The fraction of sp³-hybridized carbons (Fsp3) is 0.292. The number of aliphatic hydroxyl groups is 2. The Labute approximate surface area is 174 Å². The minimum absolute atomic E-state index is 0.0767. The van der Waals surface area contributed by atoms with Gasteiger partial charge in [-0.1, -0.05) is 50.3 Å². The van der Waals surface area contributed by atoms with E-state index < -0.39 is 24.6 Å². The van der Waals surface area contributed by atoms with E-state index in [2.05, 4.69) is 0 Å². The summed E-state index contributed by atoms with van der Waals surface area (Å²) in [5.41, 5.74) is 3.20. The number of hydrogen-bond donors (Lipinski definition) is 3. The third-order valence-corrected chi connectivity index (χ3v) is 4.87. The van der Waals surface area contributed by atoms with Crippen LogP contribution in [0.15, 0.2) is 53.0 Å². The van der Waals surface area contributed by atoms with Crippen LogP contribution in [0.25, 0.3) is 28.2 Å². The zero-order chi connectivity index (χ0) is 21.8. The summed E-state index contributed by atoms with van der Waals surface area (Å²) in [6.07, 6.45) is 0.617. The van der Waals surface area contributed by atoms with Gasteiger partial charge in [-0.25, -0.2) is 4.39 Å². The lowest BCUT2D eigenvalue weighted by Gasteiger charge is -2.11.